The van der Waals surface area contributed by atoms with Gasteiger partial charge in [-0.3, -0.25) is 4.79 Å². The van der Waals surface area contributed by atoms with Gasteiger partial charge in [-0.25, -0.2) is 13.5 Å². The van der Waals surface area contributed by atoms with Gasteiger partial charge in [0.2, 0.25) is 0 Å². The Morgan fingerprint density at radius 3 is 2.33 bits per heavy atom. The zero-order valence-electron chi connectivity index (χ0n) is 14.8. The molecule has 0 saturated heterocycles. The number of nitrogens with zero attached hydrogens (tertiary/aromatic N) is 2. The molecule has 2 aromatic carbocycles. The van der Waals surface area contributed by atoms with Crippen LogP contribution in [0.15, 0.2) is 54.6 Å². The average Bonchev–Trinajstić information content (AvgIpc) is 3.12. The van der Waals surface area contributed by atoms with Crippen molar-refractivity contribution in [1.82, 2.24) is 15.1 Å². The number of benzene rings is 2. The van der Waals surface area contributed by atoms with Crippen molar-refractivity contribution in [2.45, 2.75) is 6.42 Å². The number of halogens is 2. The second-order valence-electron chi connectivity index (χ2n) is 5.91. The Morgan fingerprint density at radius 1 is 1.07 bits per heavy atom. The fourth-order valence-electron chi connectivity index (χ4n) is 2.59. The maximum absolute atomic E-state index is 13.3. The van der Waals surface area contributed by atoms with Gasteiger partial charge in [0.1, 0.15) is 17.3 Å². The molecular weight excluding hydrogens is 352 g/mol. The molecule has 7 heteroatoms. The van der Waals surface area contributed by atoms with E-state index in [9.17, 15) is 13.6 Å². The monoisotopic (exact) mass is 371 g/mol. The molecule has 0 aliphatic carbocycles. The van der Waals surface area contributed by atoms with E-state index in [0.29, 0.717) is 42.2 Å². The SMILES string of the molecule is COCCCNC(=O)c1cc(-c2ccc(F)cc2)nn1-c1ccc(F)cc1. The van der Waals surface area contributed by atoms with Gasteiger partial charge < -0.3 is 10.1 Å². The van der Waals surface area contributed by atoms with E-state index >= 15 is 0 Å². The van der Waals surface area contributed by atoms with Crippen LogP contribution in [-0.2, 0) is 4.74 Å². The van der Waals surface area contributed by atoms with E-state index in [-0.39, 0.29) is 17.5 Å². The summed E-state index contributed by atoms with van der Waals surface area (Å²) in [5, 5.41) is 7.28. The number of hydrogen-bond donors (Lipinski definition) is 1. The Bertz CT molecular complexity index is 906. The zero-order valence-corrected chi connectivity index (χ0v) is 14.8. The quantitative estimate of drug-likeness (QED) is 0.646. The normalized spacial score (nSPS) is 10.8. The van der Waals surface area contributed by atoms with Crippen LogP contribution in [0.5, 0.6) is 0 Å². The van der Waals surface area contributed by atoms with Gasteiger partial charge in [0.25, 0.3) is 5.91 Å². The summed E-state index contributed by atoms with van der Waals surface area (Å²) in [6.45, 7) is 0.992. The first kappa shape index (κ1) is 18.7. The number of rotatable bonds is 7. The van der Waals surface area contributed by atoms with Gasteiger partial charge in [-0.05, 0) is 61.0 Å². The van der Waals surface area contributed by atoms with Crippen LogP contribution in [0.1, 0.15) is 16.9 Å². The van der Waals surface area contributed by atoms with Crippen molar-refractivity contribution < 1.29 is 18.3 Å². The van der Waals surface area contributed by atoms with Crippen LogP contribution >= 0.6 is 0 Å². The van der Waals surface area contributed by atoms with Crippen LogP contribution in [0.2, 0.25) is 0 Å². The van der Waals surface area contributed by atoms with E-state index < -0.39 is 0 Å². The molecule has 0 unspecified atom stereocenters. The van der Waals surface area contributed by atoms with E-state index in [0.717, 1.165) is 0 Å². The maximum Gasteiger partial charge on any atom is 0.270 e. The number of carbonyl (C=O) groups is 1. The fraction of sp³-hybridized carbons (Fsp3) is 0.200. The third-order valence-corrected chi connectivity index (χ3v) is 3.96. The average molecular weight is 371 g/mol. The van der Waals surface area contributed by atoms with E-state index in [1.54, 1.807) is 37.4 Å². The van der Waals surface area contributed by atoms with Crippen molar-refractivity contribution in [3.63, 3.8) is 0 Å². The second kappa shape index (κ2) is 8.55. The largest absolute Gasteiger partial charge is 0.385 e. The minimum absolute atomic E-state index is 0.304. The molecule has 0 aliphatic rings. The van der Waals surface area contributed by atoms with Crippen molar-refractivity contribution in [2.24, 2.45) is 0 Å². The highest BCUT2D eigenvalue weighted by molar-refractivity contribution is 5.94. The third kappa shape index (κ3) is 4.57. The minimum atomic E-state index is -0.379. The third-order valence-electron chi connectivity index (χ3n) is 3.96. The van der Waals surface area contributed by atoms with Crippen molar-refractivity contribution in [3.05, 3.63) is 71.9 Å². The predicted molar refractivity (Wildman–Crippen MR) is 97.7 cm³/mol. The van der Waals surface area contributed by atoms with Crippen LogP contribution in [0, 0.1) is 11.6 Å². The van der Waals surface area contributed by atoms with Crippen molar-refractivity contribution >= 4 is 5.91 Å². The number of aromatic nitrogens is 2. The highest BCUT2D eigenvalue weighted by atomic mass is 19.1. The topological polar surface area (TPSA) is 56.1 Å². The Labute approximate surface area is 155 Å². The van der Waals surface area contributed by atoms with Crippen LogP contribution in [0.4, 0.5) is 8.78 Å². The van der Waals surface area contributed by atoms with Gasteiger partial charge in [-0.15, -0.1) is 0 Å². The van der Waals surface area contributed by atoms with Gasteiger partial charge >= 0.3 is 0 Å². The van der Waals surface area contributed by atoms with Gasteiger partial charge in [-0.2, -0.15) is 5.10 Å². The molecule has 0 radical (unpaired) electrons. The molecule has 3 aromatic rings. The van der Waals surface area contributed by atoms with E-state index in [1.807, 2.05) is 0 Å². The number of carbonyl (C=O) groups excluding carboxylic acids is 1. The van der Waals surface area contributed by atoms with Gasteiger partial charge in [0.05, 0.1) is 11.4 Å². The molecule has 3 rings (SSSR count). The minimum Gasteiger partial charge on any atom is -0.385 e. The zero-order chi connectivity index (χ0) is 19.2. The van der Waals surface area contributed by atoms with Gasteiger partial charge in [0.15, 0.2) is 0 Å². The Kier molecular flexibility index (Phi) is 5.93. The van der Waals surface area contributed by atoms with Crippen molar-refractivity contribution in [3.8, 4) is 16.9 Å². The summed E-state index contributed by atoms with van der Waals surface area (Å²) in [4.78, 5) is 12.6. The summed E-state index contributed by atoms with van der Waals surface area (Å²) >= 11 is 0. The molecule has 0 spiro atoms. The van der Waals surface area contributed by atoms with Crippen LogP contribution in [0.25, 0.3) is 16.9 Å². The molecular formula is C20H19F2N3O2. The highest BCUT2D eigenvalue weighted by Gasteiger charge is 2.17. The summed E-state index contributed by atoms with van der Waals surface area (Å²) in [5.74, 6) is -1.04. The molecule has 0 saturated carbocycles. The summed E-state index contributed by atoms with van der Waals surface area (Å²) in [6, 6.07) is 13.1. The van der Waals surface area contributed by atoms with E-state index in [4.69, 9.17) is 4.74 Å². The summed E-state index contributed by atoms with van der Waals surface area (Å²) in [5.41, 5.74) is 2.04. The Morgan fingerprint density at radius 2 is 1.70 bits per heavy atom. The molecule has 1 amide bonds. The Balaban J connectivity index is 1.94. The van der Waals surface area contributed by atoms with Crippen molar-refractivity contribution in [2.75, 3.05) is 20.3 Å². The lowest BCUT2D eigenvalue weighted by atomic mass is 10.1. The number of nitrogens with one attached hydrogen (secondary N) is 1. The molecule has 140 valence electrons. The highest BCUT2D eigenvalue weighted by Crippen LogP contribution is 2.22. The number of ether oxygens (including phenoxy) is 1. The molecule has 0 atom stereocenters. The fourth-order valence-corrected chi connectivity index (χ4v) is 2.59. The summed E-state index contributed by atoms with van der Waals surface area (Å²) in [6.07, 6.45) is 0.678. The Hall–Kier alpha value is -3.06. The van der Waals surface area contributed by atoms with E-state index in [2.05, 4.69) is 10.4 Å². The van der Waals surface area contributed by atoms with Crippen LogP contribution in [0.3, 0.4) is 0 Å². The molecule has 0 bridgehead atoms. The van der Waals surface area contributed by atoms with Crippen LogP contribution < -0.4 is 5.32 Å². The van der Waals surface area contributed by atoms with E-state index in [1.165, 1.54) is 28.9 Å². The molecule has 0 aliphatic heterocycles. The lowest BCUT2D eigenvalue weighted by molar-refractivity contribution is 0.0941. The van der Waals surface area contributed by atoms with Crippen molar-refractivity contribution in [1.29, 1.82) is 0 Å². The predicted octanol–water partition coefficient (Wildman–Crippen LogP) is 3.58. The van der Waals surface area contributed by atoms with Gasteiger partial charge in [0, 0.05) is 25.8 Å². The summed E-state index contributed by atoms with van der Waals surface area (Å²) < 4.78 is 32.9. The number of hydrogen-bond acceptors (Lipinski definition) is 3. The summed E-state index contributed by atoms with van der Waals surface area (Å²) in [7, 11) is 1.60. The smallest absolute Gasteiger partial charge is 0.270 e. The molecule has 1 aromatic heterocycles. The first-order valence-electron chi connectivity index (χ1n) is 8.47. The second-order valence-corrected chi connectivity index (χ2v) is 5.91. The molecule has 0 fully saturated rings. The standard InChI is InChI=1S/C20H19F2N3O2/c1-27-12-2-11-23-20(26)19-13-18(14-3-5-15(21)6-4-14)24-25(19)17-9-7-16(22)8-10-17/h3-10,13H,2,11-12H2,1H3,(H,23,26). The molecule has 1 N–H and O–H groups in total. The first-order valence-corrected chi connectivity index (χ1v) is 8.47. The molecule has 27 heavy (non-hydrogen) atoms. The molecule has 5 nitrogen and oxygen atoms in total. The van der Waals surface area contributed by atoms with Crippen LogP contribution in [-0.4, -0.2) is 35.9 Å². The number of methoxy groups -OCH3 is 1. The lowest BCUT2D eigenvalue weighted by Crippen LogP contribution is -2.27. The lowest BCUT2D eigenvalue weighted by Gasteiger charge is -2.08. The maximum atomic E-state index is 13.3. The molecule has 1 heterocycles. The number of amides is 1. The van der Waals surface area contributed by atoms with Gasteiger partial charge in [-0.1, -0.05) is 0 Å². The first-order chi connectivity index (χ1) is 13.1.